The number of hydrogen-bond acceptors (Lipinski definition) is 4. The fraction of sp³-hybridized carbons (Fsp3) is 0.538. The Morgan fingerprint density at radius 2 is 2.44 bits per heavy atom. The monoisotopic (exact) mass is 249 g/mol. The summed E-state index contributed by atoms with van der Waals surface area (Å²) in [5.41, 5.74) is 0.500. The van der Waals surface area contributed by atoms with E-state index in [1.165, 1.54) is 0 Å². The minimum absolute atomic E-state index is 0.00528. The maximum absolute atomic E-state index is 12.3. The zero-order valence-corrected chi connectivity index (χ0v) is 10.8. The molecular formula is C13H19N3O2. The third-order valence-corrected chi connectivity index (χ3v) is 3.20. The van der Waals surface area contributed by atoms with Gasteiger partial charge in [-0.1, -0.05) is 6.07 Å². The number of hydrogen-bond donors (Lipinski definition) is 1. The van der Waals surface area contributed by atoms with Gasteiger partial charge in [0.1, 0.15) is 11.5 Å². The molecule has 0 radical (unpaired) electrons. The molecule has 0 spiro atoms. The number of aromatic nitrogens is 1. The summed E-state index contributed by atoms with van der Waals surface area (Å²) in [4.78, 5) is 18.4. The number of rotatable bonds is 4. The molecule has 2 heterocycles. The number of methoxy groups -OCH3 is 1. The van der Waals surface area contributed by atoms with Crippen LogP contribution in [0, 0.1) is 5.92 Å². The van der Waals surface area contributed by atoms with Crippen LogP contribution in [0.1, 0.15) is 16.9 Å². The molecule has 98 valence electrons. The second kappa shape index (κ2) is 5.82. The number of anilines is 1. The van der Waals surface area contributed by atoms with Gasteiger partial charge in [-0.3, -0.25) is 4.79 Å². The molecule has 1 atom stereocenters. The van der Waals surface area contributed by atoms with Crippen molar-refractivity contribution in [3.8, 4) is 0 Å². The van der Waals surface area contributed by atoms with E-state index in [-0.39, 0.29) is 5.91 Å². The quantitative estimate of drug-likeness (QED) is 0.872. The molecule has 1 aliphatic rings. The highest BCUT2D eigenvalue weighted by Gasteiger charge is 2.27. The lowest BCUT2D eigenvalue weighted by Gasteiger charge is -2.16. The van der Waals surface area contributed by atoms with Gasteiger partial charge in [-0.2, -0.15) is 0 Å². The van der Waals surface area contributed by atoms with Crippen LogP contribution in [0.3, 0.4) is 0 Å². The van der Waals surface area contributed by atoms with E-state index in [1.807, 2.05) is 17.0 Å². The van der Waals surface area contributed by atoms with Crippen molar-refractivity contribution in [1.29, 1.82) is 0 Å². The minimum atomic E-state index is 0.00528. The van der Waals surface area contributed by atoms with Gasteiger partial charge in [0.05, 0.1) is 6.61 Å². The highest BCUT2D eigenvalue weighted by molar-refractivity contribution is 5.92. The van der Waals surface area contributed by atoms with Crippen LogP contribution in [0.2, 0.25) is 0 Å². The third-order valence-electron chi connectivity index (χ3n) is 3.20. The highest BCUT2D eigenvalue weighted by atomic mass is 16.5. The van der Waals surface area contributed by atoms with E-state index in [1.54, 1.807) is 20.2 Å². The second-order valence-electron chi connectivity index (χ2n) is 4.52. The lowest BCUT2D eigenvalue weighted by molar-refractivity contribution is 0.0770. The number of amides is 1. The average molecular weight is 249 g/mol. The molecule has 5 nitrogen and oxygen atoms in total. The molecular weight excluding hydrogens is 230 g/mol. The number of carbonyl (C=O) groups is 1. The summed E-state index contributed by atoms with van der Waals surface area (Å²) in [5.74, 6) is 1.17. The van der Waals surface area contributed by atoms with Crippen LogP contribution in [0.4, 0.5) is 5.82 Å². The van der Waals surface area contributed by atoms with Gasteiger partial charge in [0.15, 0.2) is 0 Å². The maximum atomic E-state index is 12.3. The lowest BCUT2D eigenvalue weighted by atomic mass is 10.1. The van der Waals surface area contributed by atoms with Gasteiger partial charge in [-0.05, 0) is 18.6 Å². The van der Waals surface area contributed by atoms with E-state index in [0.29, 0.717) is 24.0 Å². The van der Waals surface area contributed by atoms with Crippen molar-refractivity contribution >= 4 is 11.7 Å². The van der Waals surface area contributed by atoms with Crippen molar-refractivity contribution < 1.29 is 9.53 Å². The molecule has 18 heavy (non-hydrogen) atoms. The van der Waals surface area contributed by atoms with Crippen LogP contribution in [-0.4, -0.2) is 49.6 Å². The molecule has 1 amide bonds. The Labute approximate surface area is 107 Å². The number of carbonyl (C=O) groups excluding carboxylic acids is 1. The van der Waals surface area contributed by atoms with Gasteiger partial charge in [0, 0.05) is 33.2 Å². The van der Waals surface area contributed by atoms with Crippen LogP contribution in [0.5, 0.6) is 0 Å². The summed E-state index contributed by atoms with van der Waals surface area (Å²) in [5, 5.41) is 2.94. The molecule has 0 saturated carbocycles. The van der Waals surface area contributed by atoms with Gasteiger partial charge in [-0.15, -0.1) is 0 Å². The zero-order chi connectivity index (χ0) is 13.0. The topological polar surface area (TPSA) is 54.5 Å². The van der Waals surface area contributed by atoms with E-state index >= 15 is 0 Å². The second-order valence-corrected chi connectivity index (χ2v) is 4.52. The Morgan fingerprint density at radius 1 is 1.61 bits per heavy atom. The largest absolute Gasteiger partial charge is 0.384 e. The van der Waals surface area contributed by atoms with E-state index in [0.717, 1.165) is 19.5 Å². The summed E-state index contributed by atoms with van der Waals surface area (Å²) in [6, 6.07) is 5.44. The highest BCUT2D eigenvalue weighted by Crippen LogP contribution is 2.18. The van der Waals surface area contributed by atoms with Crippen LogP contribution < -0.4 is 5.32 Å². The molecule has 2 rings (SSSR count). The maximum Gasteiger partial charge on any atom is 0.272 e. The summed E-state index contributed by atoms with van der Waals surface area (Å²) < 4.78 is 5.13. The first-order valence-corrected chi connectivity index (χ1v) is 6.17. The van der Waals surface area contributed by atoms with Gasteiger partial charge in [-0.25, -0.2) is 4.98 Å². The first-order valence-electron chi connectivity index (χ1n) is 6.17. The third kappa shape index (κ3) is 2.79. The normalized spacial score (nSPS) is 19.0. The van der Waals surface area contributed by atoms with E-state index in [9.17, 15) is 4.79 Å². The van der Waals surface area contributed by atoms with Gasteiger partial charge >= 0.3 is 0 Å². The molecule has 0 bridgehead atoms. The molecule has 1 N–H and O–H groups in total. The molecule has 1 fully saturated rings. The molecule has 1 aromatic heterocycles. The average Bonchev–Trinajstić information content (AvgIpc) is 2.87. The van der Waals surface area contributed by atoms with Gasteiger partial charge in [0.2, 0.25) is 0 Å². The number of nitrogens with zero attached hydrogens (tertiary/aromatic N) is 2. The Morgan fingerprint density at radius 3 is 3.17 bits per heavy atom. The first-order chi connectivity index (χ1) is 8.74. The number of pyridine rings is 1. The van der Waals surface area contributed by atoms with Crippen LogP contribution in [0.15, 0.2) is 18.2 Å². The summed E-state index contributed by atoms with van der Waals surface area (Å²) in [7, 11) is 3.49. The number of likely N-dealkylation sites (tertiary alicyclic amines) is 1. The molecule has 1 saturated heterocycles. The standard InChI is InChI=1S/C13H19N3O2/c1-14-12-5-3-4-11(15-12)13(17)16-7-6-10(8-16)9-18-2/h3-5,10H,6-9H2,1-2H3,(H,14,15). The minimum Gasteiger partial charge on any atom is -0.384 e. The number of nitrogens with one attached hydrogen (secondary N) is 1. The Bertz CT molecular complexity index is 422. The van der Waals surface area contributed by atoms with Crippen LogP contribution in [-0.2, 0) is 4.74 Å². The van der Waals surface area contributed by atoms with Gasteiger partial charge in [0.25, 0.3) is 5.91 Å². The smallest absolute Gasteiger partial charge is 0.272 e. The first kappa shape index (κ1) is 12.8. The number of ether oxygens (including phenoxy) is 1. The van der Waals surface area contributed by atoms with Gasteiger partial charge < -0.3 is 15.0 Å². The van der Waals surface area contributed by atoms with Crippen molar-refractivity contribution in [2.45, 2.75) is 6.42 Å². The van der Waals surface area contributed by atoms with E-state index < -0.39 is 0 Å². The van der Waals surface area contributed by atoms with Crippen LogP contribution in [0.25, 0.3) is 0 Å². The predicted octanol–water partition coefficient (Wildman–Crippen LogP) is 1.23. The Kier molecular flexibility index (Phi) is 4.15. The molecule has 1 aromatic rings. The molecule has 0 aromatic carbocycles. The Hall–Kier alpha value is -1.62. The van der Waals surface area contributed by atoms with Crippen molar-refractivity contribution in [3.63, 3.8) is 0 Å². The molecule has 0 aliphatic carbocycles. The van der Waals surface area contributed by atoms with Crippen molar-refractivity contribution in [2.24, 2.45) is 5.92 Å². The van der Waals surface area contributed by atoms with E-state index in [2.05, 4.69) is 10.3 Å². The molecule has 5 heteroatoms. The van der Waals surface area contributed by atoms with Crippen LogP contribution >= 0.6 is 0 Å². The Balaban J connectivity index is 2.03. The predicted molar refractivity (Wildman–Crippen MR) is 69.7 cm³/mol. The SMILES string of the molecule is CNc1cccc(C(=O)N2CCC(COC)C2)n1. The summed E-state index contributed by atoms with van der Waals surface area (Å²) in [6.07, 6.45) is 1.01. The van der Waals surface area contributed by atoms with Crippen molar-refractivity contribution in [2.75, 3.05) is 39.2 Å². The van der Waals surface area contributed by atoms with E-state index in [4.69, 9.17) is 4.74 Å². The van der Waals surface area contributed by atoms with Crippen molar-refractivity contribution in [3.05, 3.63) is 23.9 Å². The fourth-order valence-corrected chi connectivity index (χ4v) is 2.24. The molecule has 1 aliphatic heterocycles. The summed E-state index contributed by atoms with van der Waals surface area (Å²) in [6.45, 7) is 2.27. The molecule has 1 unspecified atom stereocenters. The fourth-order valence-electron chi connectivity index (χ4n) is 2.24. The summed E-state index contributed by atoms with van der Waals surface area (Å²) >= 11 is 0. The zero-order valence-electron chi connectivity index (χ0n) is 10.8. The van der Waals surface area contributed by atoms with Crippen molar-refractivity contribution in [1.82, 2.24) is 9.88 Å². The lowest BCUT2D eigenvalue weighted by Crippen LogP contribution is -2.30.